The van der Waals surface area contributed by atoms with Crippen LogP contribution >= 0.6 is 0 Å². The van der Waals surface area contributed by atoms with Crippen molar-refractivity contribution in [1.29, 1.82) is 5.26 Å². The van der Waals surface area contributed by atoms with Crippen LogP contribution in [0.5, 0.6) is 0 Å². The summed E-state index contributed by atoms with van der Waals surface area (Å²) in [6.45, 7) is 4.38. The van der Waals surface area contributed by atoms with Crippen molar-refractivity contribution in [3.8, 4) is 6.07 Å². The summed E-state index contributed by atoms with van der Waals surface area (Å²) in [5.41, 5.74) is 6.47. The Bertz CT molecular complexity index is 196. The van der Waals surface area contributed by atoms with Gasteiger partial charge >= 0.3 is 0 Å². The third-order valence-electron chi connectivity index (χ3n) is 1.31. The van der Waals surface area contributed by atoms with E-state index in [2.05, 4.69) is 6.07 Å². The topological polar surface area (TPSA) is 49.8 Å². The smallest absolute Gasteiger partial charge is 0.0694 e. The molecule has 0 aromatic carbocycles. The number of hydrogen-bond acceptors (Lipinski definition) is 2. The predicted octanol–water partition coefficient (Wildman–Crippen LogP) is 1.61. The van der Waals surface area contributed by atoms with E-state index in [0.717, 1.165) is 5.57 Å². The highest BCUT2D eigenvalue weighted by atomic mass is 14.5. The summed E-state index contributed by atoms with van der Waals surface area (Å²) in [4.78, 5) is 0. The SMILES string of the molecule is C/C(=C/C=C\C(C)C#N)CN. The van der Waals surface area contributed by atoms with E-state index in [1.165, 1.54) is 0 Å². The number of nitrogens with two attached hydrogens (primary N) is 1. The quantitative estimate of drug-likeness (QED) is 0.621. The summed E-state index contributed by atoms with van der Waals surface area (Å²) in [5, 5.41) is 8.41. The van der Waals surface area contributed by atoms with Gasteiger partial charge in [-0.1, -0.05) is 23.8 Å². The summed E-state index contributed by atoms with van der Waals surface area (Å²) < 4.78 is 0. The molecule has 0 aromatic rings. The second-order valence-electron chi connectivity index (χ2n) is 2.52. The molecule has 0 fully saturated rings. The molecule has 11 heavy (non-hydrogen) atoms. The van der Waals surface area contributed by atoms with Crippen LogP contribution in [0.15, 0.2) is 23.8 Å². The molecule has 0 saturated heterocycles. The molecule has 0 saturated carbocycles. The molecule has 0 rings (SSSR count). The van der Waals surface area contributed by atoms with E-state index in [1.54, 1.807) is 0 Å². The van der Waals surface area contributed by atoms with Gasteiger partial charge in [0.2, 0.25) is 0 Å². The van der Waals surface area contributed by atoms with Crippen LogP contribution in [0.1, 0.15) is 13.8 Å². The fourth-order valence-corrected chi connectivity index (χ4v) is 0.498. The molecule has 0 radical (unpaired) electrons. The lowest BCUT2D eigenvalue weighted by atomic mass is 10.2. The zero-order valence-corrected chi connectivity index (χ0v) is 7.04. The molecular formula is C9H14N2. The maximum absolute atomic E-state index is 8.41. The number of rotatable bonds is 3. The van der Waals surface area contributed by atoms with E-state index in [4.69, 9.17) is 11.0 Å². The number of nitriles is 1. The predicted molar refractivity (Wildman–Crippen MR) is 46.7 cm³/mol. The first-order chi connectivity index (χ1) is 5.20. The number of hydrogen-bond donors (Lipinski definition) is 1. The maximum atomic E-state index is 8.41. The molecular weight excluding hydrogens is 136 g/mol. The van der Waals surface area contributed by atoms with Crippen LogP contribution in [0, 0.1) is 17.2 Å². The second kappa shape index (κ2) is 5.70. The van der Waals surface area contributed by atoms with E-state index < -0.39 is 0 Å². The average molecular weight is 150 g/mol. The maximum Gasteiger partial charge on any atom is 0.0694 e. The summed E-state index contributed by atoms with van der Waals surface area (Å²) in [6.07, 6.45) is 5.64. The Hall–Kier alpha value is -1.07. The fourth-order valence-electron chi connectivity index (χ4n) is 0.498. The van der Waals surface area contributed by atoms with Gasteiger partial charge < -0.3 is 5.73 Å². The van der Waals surface area contributed by atoms with Crippen molar-refractivity contribution in [2.24, 2.45) is 11.7 Å². The van der Waals surface area contributed by atoms with E-state index in [0.29, 0.717) is 6.54 Å². The molecule has 1 unspecified atom stereocenters. The summed E-state index contributed by atoms with van der Waals surface area (Å²) in [7, 11) is 0. The van der Waals surface area contributed by atoms with Crippen molar-refractivity contribution in [2.45, 2.75) is 13.8 Å². The molecule has 60 valence electrons. The standard InChI is InChI=1S/C9H14N2/c1-8(6-10)4-3-5-9(2)7-11/h3-5,9H,6,10H2,1-2H3/b5-3-,8-4-. The molecule has 0 heterocycles. The van der Waals surface area contributed by atoms with Crippen LogP contribution < -0.4 is 5.73 Å². The third kappa shape index (κ3) is 5.38. The van der Waals surface area contributed by atoms with Crippen molar-refractivity contribution in [2.75, 3.05) is 6.54 Å². The molecule has 0 amide bonds. The van der Waals surface area contributed by atoms with Gasteiger partial charge in [-0.25, -0.2) is 0 Å². The van der Waals surface area contributed by atoms with Crippen molar-refractivity contribution >= 4 is 0 Å². The first-order valence-corrected chi connectivity index (χ1v) is 3.64. The highest BCUT2D eigenvalue weighted by Gasteiger charge is 1.87. The highest BCUT2D eigenvalue weighted by molar-refractivity contribution is 5.13. The lowest BCUT2D eigenvalue weighted by molar-refractivity contribution is 0.956. The zero-order chi connectivity index (χ0) is 8.69. The third-order valence-corrected chi connectivity index (χ3v) is 1.31. The second-order valence-corrected chi connectivity index (χ2v) is 2.52. The Kier molecular flexibility index (Phi) is 5.14. The molecule has 0 bridgehead atoms. The molecule has 2 nitrogen and oxygen atoms in total. The van der Waals surface area contributed by atoms with Crippen molar-refractivity contribution in [1.82, 2.24) is 0 Å². The first kappa shape index (κ1) is 9.93. The van der Waals surface area contributed by atoms with Crippen LogP contribution in [0.4, 0.5) is 0 Å². The zero-order valence-electron chi connectivity index (χ0n) is 7.04. The fraction of sp³-hybridized carbons (Fsp3) is 0.444. The van der Waals surface area contributed by atoms with Gasteiger partial charge in [0.05, 0.1) is 12.0 Å². The summed E-state index contributed by atoms with van der Waals surface area (Å²) in [5.74, 6) is -0.0168. The lowest BCUT2D eigenvalue weighted by Crippen LogP contribution is -1.98. The van der Waals surface area contributed by atoms with E-state index >= 15 is 0 Å². The van der Waals surface area contributed by atoms with Crippen LogP contribution in [0.3, 0.4) is 0 Å². The van der Waals surface area contributed by atoms with Gasteiger partial charge in [0.25, 0.3) is 0 Å². The van der Waals surface area contributed by atoms with Crippen molar-refractivity contribution in [3.05, 3.63) is 23.8 Å². The Labute approximate surface area is 68.0 Å². The highest BCUT2D eigenvalue weighted by Crippen LogP contribution is 1.95. The van der Waals surface area contributed by atoms with E-state index in [9.17, 15) is 0 Å². The van der Waals surface area contributed by atoms with Gasteiger partial charge in [0.1, 0.15) is 0 Å². The monoisotopic (exact) mass is 150 g/mol. The minimum Gasteiger partial charge on any atom is -0.327 e. The van der Waals surface area contributed by atoms with Crippen LogP contribution in [-0.2, 0) is 0 Å². The molecule has 0 aliphatic rings. The molecule has 2 N–H and O–H groups in total. The molecule has 0 aliphatic heterocycles. The van der Waals surface area contributed by atoms with Crippen molar-refractivity contribution in [3.63, 3.8) is 0 Å². The van der Waals surface area contributed by atoms with Gasteiger partial charge in [-0.3, -0.25) is 0 Å². The first-order valence-electron chi connectivity index (χ1n) is 3.64. The van der Waals surface area contributed by atoms with Gasteiger partial charge in [-0.15, -0.1) is 0 Å². The Morgan fingerprint density at radius 1 is 1.73 bits per heavy atom. The van der Waals surface area contributed by atoms with Gasteiger partial charge in [0.15, 0.2) is 0 Å². The number of allylic oxidation sites excluding steroid dienone is 3. The molecule has 0 aliphatic carbocycles. The van der Waals surface area contributed by atoms with E-state index in [1.807, 2.05) is 32.1 Å². The summed E-state index contributed by atoms with van der Waals surface area (Å²) >= 11 is 0. The Morgan fingerprint density at radius 2 is 2.36 bits per heavy atom. The Morgan fingerprint density at radius 3 is 2.82 bits per heavy atom. The summed E-state index contributed by atoms with van der Waals surface area (Å²) in [6, 6.07) is 2.11. The van der Waals surface area contributed by atoms with Crippen LogP contribution in [-0.4, -0.2) is 6.54 Å². The van der Waals surface area contributed by atoms with Gasteiger partial charge in [-0.2, -0.15) is 5.26 Å². The van der Waals surface area contributed by atoms with Crippen LogP contribution in [0.2, 0.25) is 0 Å². The lowest BCUT2D eigenvalue weighted by Gasteiger charge is -1.90. The molecule has 0 aromatic heterocycles. The average Bonchev–Trinajstić information content (AvgIpc) is 2.04. The van der Waals surface area contributed by atoms with Gasteiger partial charge in [0, 0.05) is 6.54 Å². The van der Waals surface area contributed by atoms with Crippen molar-refractivity contribution < 1.29 is 0 Å². The van der Waals surface area contributed by atoms with Crippen LogP contribution in [0.25, 0.3) is 0 Å². The minimum atomic E-state index is -0.0168. The largest absolute Gasteiger partial charge is 0.327 e. The minimum absolute atomic E-state index is 0.0168. The molecule has 0 spiro atoms. The normalized spacial score (nSPS) is 14.9. The van der Waals surface area contributed by atoms with E-state index in [-0.39, 0.29) is 5.92 Å². The molecule has 1 atom stereocenters. The van der Waals surface area contributed by atoms with Gasteiger partial charge in [-0.05, 0) is 13.8 Å². The number of nitrogens with zero attached hydrogens (tertiary/aromatic N) is 1. The Balaban J connectivity index is 3.87. The molecule has 2 heteroatoms.